The third-order valence-electron chi connectivity index (χ3n) is 1.57. The van der Waals surface area contributed by atoms with Crippen molar-refractivity contribution in [2.24, 2.45) is 4.99 Å². The Morgan fingerprint density at radius 2 is 2.00 bits per heavy atom. The van der Waals surface area contributed by atoms with Crippen molar-refractivity contribution in [3.05, 3.63) is 42.3 Å². The standard InChI is InChI=1S/C11H14N/c1-9(2)12-8-11-7-5-4-6-10(11)3/h4-9H,3H2,1-2H3/b12-8+. The molecule has 1 rings (SSSR count). The van der Waals surface area contributed by atoms with Gasteiger partial charge < -0.3 is 0 Å². The highest BCUT2D eigenvalue weighted by Gasteiger charge is 1.91. The van der Waals surface area contributed by atoms with Crippen LogP contribution in [0.15, 0.2) is 29.3 Å². The highest BCUT2D eigenvalue weighted by Crippen LogP contribution is 2.03. The molecule has 0 unspecified atom stereocenters. The molecule has 0 heterocycles. The maximum atomic E-state index is 4.29. The first-order valence-corrected chi connectivity index (χ1v) is 4.14. The SMILES string of the molecule is [CH2]c1ccccc1/C=N/C(C)C. The van der Waals surface area contributed by atoms with Gasteiger partial charge in [-0.3, -0.25) is 4.99 Å². The first-order valence-electron chi connectivity index (χ1n) is 4.14. The Labute approximate surface area is 74.2 Å². The molecule has 0 aliphatic carbocycles. The fourth-order valence-electron chi connectivity index (χ4n) is 0.890. The molecule has 1 nitrogen and oxygen atoms in total. The average Bonchev–Trinajstić information content (AvgIpc) is 2.03. The lowest BCUT2D eigenvalue weighted by molar-refractivity contribution is 0.841. The van der Waals surface area contributed by atoms with Crippen LogP contribution in [0.4, 0.5) is 0 Å². The summed E-state index contributed by atoms with van der Waals surface area (Å²) in [5.74, 6) is 0. The summed E-state index contributed by atoms with van der Waals surface area (Å²) in [4.78, 5) is 4.29. The summed E-state index contributed by atoms with van der Waals surface area (Å²) in [6, 6.07) is 8.34. The van der Waals surface area contributed by atoms with Crippen LogP contribution in [-0.2, 0) is 0 Å². The van der Waals surface area contributed by atoms with Gasteiger partial charge in [-0.25, -0.2) is 0 Å². The van der Waals surface area contributed by atoms with Gasteiger partial charge in [-0.05, 0) is 31.9 Å². The first-order chi connectivity index (χ1) is 5.70. The van der Waals surface area contributed by atoms with E-state index in [1.165, 1.54) is 0 Å². The summed E-state index contributed by atoms with van der Waals surface area (Å²) in [6.07, 6.45) is 1.88. The minimum atomic E-state index is 0.351. The Balaban J connectivity index is 2.82. The largest absolute Gasteiger partial charge is 0.290 e. The molecule has 0 aromatic heterocycles. The van der Waals surface area contributed by atoms with Crippen LogP contribution in [0.5, 0.6) is 0 Å². The summed E-state index contributed by atoms with van der Waals surface area (Å²) < 4.78 is 0. The molecule has 0 spiro atoms. The second kappa shape index (κ2) is 4.05. The number of aliphatic imine (C=N–C) groups is 1. The molecule has 0 saturated carbocycles. The van der Waals surface area contributed by atoms with Gasteiger partial charge in [0.15, 0.2) is 0 Å². The minimum Gasteiger partial charge on any atom is -0.290 e. The van der Waals surface area contributed by atoms with Crippen molar-refractivity contribution in [3.8, 4) is 0 Å². The van der Waals surface area contributed by atoms with Gasteiger partial charge >= 0.3 is 0 Å². The lowest BCUT2D eigenvalue weighted by Crippen LogP contribution is -1.92. The van der Waals surface area contributed by atoms with E-state index in [2.05, 4.69) is 25.8 Å². The molecule has 1 radical (unpaired) electrons. The first kappa shape index (κ1) is 8.98. The maximum Gasteiger partial charge on any atom is 0.0443 e. The van der Waals surface area contributed by atoms with Gasteiger partial charge in [0.2, 0.25) is 0 Å². The van der Waals surface area contributed by atoms with E-state index in [-0.39, 0.29) is 0 Å². The van der Waals surface area contributed by atoms with Crippen molar-refractivity contribution < 1.29 is 0 Å². The normalized spacial score (nSPS) is 11.3. The minimum absolute atomic E-state index is 0.351. The van der Waals surface area contributed by atoms with Crippen LogP contribution in [0.3, 0.4) is 0 Å². The predicted octanol–water partition coefficient (Wildman–Crippen LogP) is 2.70. The second-order valence-corrected chi connectivity index (χ2v) is 3.07. The van der Waals surface area contributed by atoms with Crippen LogP contribution in [0.1, 0.15) is 25.0 Å². The molecule has 12 heavy (non-hydrogen) atoms. The second-order valence-electron chi connectivity index (χ2n) is 3.07. The zero-order valence-corrected chi connectivity index (χ0v) is 7.62. The zero-order valence-electron chi connectivity index (χ0n) is 7.62. The van der Waals surface area contributed by atoms with Gasteiger partial charge in [-0.1, -0.05) is 24.3 Å². The maximum absolute atomic E-state index is 4.29. The number of hydrogen-bond acceptors (Lipinski definition) is 1. The lowest BCUT2D eigenvalue weighted by atomic mass is 10.1. The Morgan fingerprint density at radius 3 is 2.58 bits per heavy atom. The van der Waals surface area contributed by atoms with Gasteiger partial charge in [-0.15, -0.1) is 0 Å². The summed E-state index contributed by atoms with van der Waals surface area (Å²) >= 11 is 0. The van der Waals surface area contributed by atoms with Crippen molar-refractivity contribution in [2.45, 2.75) is 19.9 Å². The molecule has 1 aromatic rings. The van der Waals surface area contributed by atoms with E-state index in [4.69, 9.17) is 0 Å². The molecule has 63 valence electrons. The van der Waals surface area contributed by atoms with Gasteiger partial charge in [0.25, 0.3) is 0 Å². The van der Waals surface area contributed by atoms with E-state index in [1.807, 2.05) is 30.5 Å². The molecule has 0 atom stereocenters. The third kappa shape index (κ3) is 2.50. The van der Waals surface area contributed by atoms with Crippen LogP contribution >= 0.6 is 0 Å². The summed E-state index contributed by atoms with van der Waals surface area (Å²) in [5.41, 5.74) is 2.13. The highest BCUT2D eigenvalue weighted by molar-refractivity contribution is 5.82. The molecule has 0 aliphatic rings. The van der Waals surface area contributed by atoms with Gasteiger partial charge in [-0.2, -0.15) is 0 Å². The van der Waals surface area contributed by atoms with Gasteiger partial charge in [0.05, 0.1) is 0 Å². The van der Waals surface area contributed by atoms with Crippen LogP contribution < -0.4 is 0 Å². The van der Waals surface area contributed by atoms with Crippen molar-refractivity contribution in [1.29, 1.82) is 0 Å². The van der Waals surface area contributed by atoms with E-state index in [0.717, 1.165) is 11.1 Å². The molecule has 0 N–H and O–H groups in total. The Bertz CT molecular complexity index is 274. The monoisotopic (exact) mass is 160 g/mol. The Hall–Kier alpha value is -1.11. The van der Waals surface area contributed by atoms with E-state index in [1.54, 1.807) is 0 Å². The van der Waals surface area contributed by atoms with Crippen molar-refractivity contribution in [1.82, 2.24) is 0 Å². The molecule has 0 bridgehead atoms. The fraction of sp³-hybridized carbons (Fsp3) is 0.273. The molecule has 0 fully saturated rings. The lowest BCUT2D eigenvalue weighted by Gasteiger charge is -1.99. The van der Waals surface area contributed by atoms with Crippen molar-refractivity contribution in [2.75, 3.05) is 0 Å². The molecular formula is C11H14N. The van der Waals surface area contributed by atoms with Gasteiger partial charge in [0.1, 0.15) is 0 Å². The number of rotatable bonds is 2. The summed E-state index contributed by atoms with van der Waals surface area (Å²) in [5, 5.41) is 0. The molecule has 1 heteroatoms. The highest BCUT2D eigenvalue weighted by atomic mass is 14.7. The van der Waals surface area contributed by atoms with E-state index in [9.17, 15) is 0 Å². The van der Waals surface area contributed by atoms with Crippen LogP contribution in [0, 0.1) is 6.92 Å². The van der Waals surface area contributed by atoms with Crippen molar-refractivity contribution in [3.63, 3.8) is 0 Å². The fourth-order valence-corrected chi connectivity index (χ4v) is 0.890. The molecule has 0 aliphatic heterocycles. The number of hydrogen-bond donors (Lipinski definition) is 0. The Kier molecular flexibility index (Phi) is 3.03. The van der Waals surface area contributed by atoms with Crippen molar-refractivity contribution >= 4 is 6.21 Å². The van der Waals surface area contributed by atoms with E-state index < -0.39 is 0 Å². The molecule has 0 saturated heterocycles. The average molecular weight is 160 g/mol. The third-order valence-corrected chi connectivity index (χ3v) is 1.57. The van der Waals surface area contributed by atoms with E-state index in [0.29, 0.717) is 6.04 Å². The Morgan fingerprint density at radius 1 is 1.33 bits per heavy atom. The number of benzene rings is 1. The van der Waals surface area contributed by atoms with Crippen LogP contribution in [0.2, 0.25) is 0 Å². The predicted molar refractivity (Wildman–Crippen MR) is 53.6 cm³/mol. The molecule has 1 aromatic carbocycles. The van der Waals surface area contributed by atoms with Crippen LogP contribution in [-0.4, -0.2) is 12.3 Å². The zero-order chi connectivity index (χ0) is 8.97. The topological polar surface area (TPSA) is 12.4 Å². The molecular weight excluding hydrogens is 146 g/mol. The van der Waals surface area contributed by atoms with E-state index >= 15 is 0 Å². The number of nitrogens with zero attached hydrogens (tertiary/aromatic N) is 1. The van der Waals surface area contributed by atoms with Gasteiger partial charge in [0, 0.05) is 12.3 Å². The summed E-state index contributed by atoms with van der Waals surface area (Å²) in [6.45, 7) is 8.02. The summed E-state index contributed by atoms with van der Waals surface area (Å²) in [7, 11) is 0. The smallest absolute Gasteiger partial charge is 0.0443 e. The quantitative estimate of drug-likeness (QED) is 0.590. The van der Waals surface area contributed by atoms with Crippen LogP contribution in [0.25, 0.3) is 0 Å². The molecule has 0 amide bonds.